The Labute approximate surface area is 81.4 Å². The van der Waals surface area contributed by atoms with Crippen molar-refractivity contribution in [3.63, 3.8) is 0 Å². The average molecular weight is 226 g/mol. The van der Waals surface area contributed by atoms with E-state index >= 15 is 0 Å². The molecule has 1 aliphatic heterocycles. The number of hydrogen-bond donors (Lipinski definition) is 0. The van der Waals surface area contributed by atoms with Crippen LogP contribution in [0.5, 0.6) is 0 Å². The minimum atomic E-state index is -1.45. The van der Waals surface area contributed by atoms with Crippen LogP contribution in [-0.2, 0) is 25.8 Å². The van der Waals surface area contributed by atoms with E-state index in [1.165, 1.54) is 11.4 Å². The van der Waals surface area contributed by atoms with Crippen molar-refractivity contribution in [2.24, 2.45) is 0 Å². The van der Waals surface area contributed by atoms with Gasteiger partial charge < -0.3 is 9.47 Å². The highest BCUT2D eigenvalue weighted by Gasteiger charge is 2.21. The van der Waals surface area contributed by atoms with Gasteiger partial charge in [-0.15, -0.1) is 0 Å². The van der Waals surface area contributed by atoms with Gasteiger partial charge in [-0.05, 0) is 18.2 Å². The molecule has 2 atom stereocenters. The molecule has 2 unspecified atom stereocenters. The molecule has 3 nitrogen and oxygen atoms in total. The molecule has 0 radical (unpaired) electrons. The summed E-state index contributed by atoms with van der Waals surface area (Å²) in [6.45, 7) is 2.25. The second kappa shape index (κ2) is 6.11. The fraction of sp³-hybridized carbons (Fsp3) is 1.00. The summed E-state index contributed by atoms with van der Waals surface area (Å²) in [5.41, 5.74) is 0. The quantitative estimate of drug-likeness (QED) is 0.375. The largest absolute Gasteiger partial charge is 0.379 e. The minimum Gasteiger partial charge on any atom is -0.379 e. The predicted octanol–water partition coefficient (Wildman–Crippen LogP) is 1.73. The fourth-order valence-electron chi connectivity index (χ4n) is 0.679. The van der Waals surface area contributed by atoms with Crippen LogP contribution < -0.4 is 0 Å². The van der Waals surface area contributed by atoms with Crippen LogP contribution in [0.15, 0.2) is 0 Å². The van der Waals surface area contributed by atoms with E-state index in [4.69, 9.17) is 9.47 Å². The van der Waals surface area contributed by atoms with E-state index in [0.29, 0.717) is 19.3 Å². The zero-order valence-corrected chi connectivity index (χ0v) is 9.13. The molecule has 12 heavy (non-hydrogen) atoms. The first-order valence-corrected chi connectivity index (χ1v) is 7.62. The third-order valence-corrected chi connectivity index (χ3v) is 4.15. The van der Waals surface area contributed by atoms with Gasteiger partial charge in [-0.2, -0.15) is 0 Å². The van der Waals surface area contributed by atoms with Crippen LogP contribution in [0, 0.1) is 0 Å². The number of hydrogen-bond acceptors (Lipinski definition) is 5. The number of ether oxygens (including phenoxy) is 2. The number of rotatable bonds is 7. The molecule has 6 heteroatoms. The van der Waals surface area contributed by atoms with E-state index < -0.39 is 5.78 Å². The molecule has 1 rings (SSSR count). The summed E-state index contributed by atoms with van der Waals surface area (Å²) in [4.78, 5) is 0. The van der Waals surface area contributed by atoms with Gasteiger partial charge >= 0.3 is 0 Å². The second-order valence-corrected chi connectivity index (χ2v) is 7.01. The Morgan fingerprint density at radius 3 is 3.08 bits per heavy atom. The Kier molecular flexibility index (Phi) is 5.43. The first-order chi connectivity index (χ1) is 5.79. The van der Waals surface area contributed by atoms with Gasteiger partial charge in [0.15, 0.2) is 0 Å². The van der Waals surface area contributed by atoms with Crippen LogP contribution in [0.25, 0.3) is 0 Å². The lowest BCUT2D eigenvalue weighted by Gasteiger charge is -1.98. The predicted molar refractivity (Wildman–Crippen MR) is 52.6 cm³/mol. The smallest absolute Gasteiger partial charge is 0.226 e. The van der Waals surface area contributed by atoms with E-state index in [2.05, 4.69) is 11.8 Å². The molecule has 1 aliphatic rings. The van der Waals surface area contributed by atoms with Gasteiger partial charge in [-0.25, -0.2) is 0 Å². The Bertz CT molecular complexity index is 183. The minimum absolute atomic E-state index is 0.341. The lowest BCUT2D eigenvalue weighted by molar-refractivity contribution is 0.117. The third kappa shape index (κ3) is 6.14. The molecule has 1 fully saturated rings. The van der Waals surface area contributed by atoms with Crippen molar-refractivity contribution < 1.29 is 14.0 Å². The van der Waals surface area contributed by atoms with E-state index in [0.717, 1.165) is 18.8 Å². The second-order valence-electron chi connectivity index (χ2n) is 2.44. The summed E-state index contributed by atoms with van der Waals surface area (Å²) >= 11 is 5.84. The first-order valence-electron chi connectivity index (χ1n) is 3.75. The molecule has 0 saturated carbocycles. The highest BCUT2D eigenvalue weighted by molar-refractivity contribution is 8.60. The van der Waals surface area contributed by atoms with Gasteiger partial charge in [0.25, 0.3) is 0 Å². The summed E-state index contributed by atoms with van der Waals surface area (Å²) in [7, 11) is 0. The first kappa shape index (κ1) is 10.7. The summed E-state index contributed by atoms with van der Waals surface area (Å²) in [6, 6.07) is 0. The maximum absolute atomic E-state index is 10.5. The van der Waals surface area contributed by atoms with Crippen LogP contribution in [0.2, 0.25) is 0 Å². The Morgan fingerprint density at radius 1 is 1.75 bits per heavy atom. The summed E-state index contributed by atoms with van der Waals surface area (Å²) in [5, 5.41) is 0. The molecular formula is C6H11O3PS2. The van der Waals surface area contributed by atoms with Gasteiger partial charge in [-0.1, -0.05) is 11.4 Å². The maximum atomic E-state index is 10.5. The van der Waals surface area contributed by atoms with Crippen molar-refractivity contribution in [2.45, 2.75) is 12.5 Å². The van der Waals surface area contributed by atoms with Crippen LogP contribution in [0.3, 0.4) is 0 Å². The van der Waals surface area contributed by atoms with Gasteiger partial charge in [-0.3, -0.25) is 4.57 Å². The zero-order chi connectivity index (χ0) is 8.81. The molecule has 0 amide bonds. The Balaban J connectivity index is 1.75. The van der Waals surface area contributed by atoms with Crippen molar-refractivity contribution in [1.29, 1.82) is 0 Å². The van der Waals surface area contributed by atoms with Gasteiger partial charge in [0, 0.05) is 12.4 Å². The van der Waals surface area contributed by atoms with Crippen LogP contribution >= 0.6 is 17.2 Å². The van der Waals surface area contributed by atoms with Gasteiger partial charge in [0.05, 0.1) is 13.2 Å². The molecule has 0 aliphatic carbocycles. The van der Waals surface area contributed by atoms with Crippen LogP contribution in [0.1, 0.15) is 6.42 Å². The highest BCUT2D eigenvalue weighted by atomic mass is 32.9. The van der Waals surface area contributed by atoms with Crippen LogP contribution in [0.4, 0.5) is 0 Å². The SMILES string of the molecule is O=P(=S)SCCCOCC1CO1. The molecule has 0 spiro atoms. The lowest BCUT2D eigenvalue weighted by atomic mass is 10.5. The molecule has 0 aromatic carbocycles. The Morgan fingerprint density at radius 2 is 2.50 bits per heavy atom. The summed E-state index contributed by atoms with van der Waals surface area (Å²) < 4.78 is 20.7. The zero-order valence-electron chi connectivity index (χ0n) is 6.60. The van der Waals surface area contributed by atoms with Crippen LogP contribution in [-0.4, -0.2) is 31.7 Å². The molecule has 0 aromatic heterocycles. The lowest BCUT2D eigenvalue weighted by Crippen LogP contribution is -2.02. The van der Waals surface area contributed by atoms with E-state index in [9.17, 15) is 4.57 Å². The molecule has 70 valence electrons. The molecule has 0 N–H and O–H groups in total. The molecule has 1 saturated heterocycles. The van der Waals surface area contributed by atoms with Gasteiger partial charge in [0.1, 0.15) is 6.10 Å². The van der Waals surface area contributed by atoms with Crippen molar-refractivity contribution in [1.82, 2.24) is 0 Å². The Hall–Kier alpha value is 0.590. The van der Waals surface area contributed by atoms with E-state index in [1.54, 1.807) is 0 Å². The van der Waals surface area contributed by atoms with Crippen molar-refractivity contribution in [3.05, 3.63) is 0 Å². The highest BCUT2D eigenvalue weighted by Crippen LogP contribution is 2.25. The third-order valence-electron chi connectivity index (χ3n) is 1.34. The fourth-order valence-corrected chi connectivity index (χ4v) is 2.58. The topological polar surface area (TPSA) is 38.8 Å². The monoisotopic (exact) mass is 226 g/mol. The molecular weight excluding hydrogens is 215 g/mol. The van der Waals surface area contributed by atoms with Crippen molar-refractivity contribution >= 4 is 29.0 Å². The van der Waals surface area contributed by atoms with E-state index in [1.807, 2.05) is 0 Å². The van der Waals surface area contributed by atoms with Gasteiger partial charge in [0.2, 0.25) is 5.78 Å². The normalized spacial score (nSPS) is 22.3. The summed E-state index contributed by atoms with van der Waals surface area (Å²) in [5.74, 6) is -0.628. The molecule has 0 bridgehead atoms. The van der Waals surface area contributed by atoms with Crippen molar-refractivity contribution in [2.75, 3.05) is 25.6 Å². The molecule has 0 aromatic rings. The summed E-state index contributed by atoms with van der Waals surface area (Å²) in [6.07, 6.45) is 1.25. The number of epoxide rings is 1. The van der Waals surface area contributed by atoms with Crippen molar-refractivity contribution in [3.8, 4) is 0 Å². The average Bonchev–Trinajstić information content (AvgIpc) is 2.79. The van der Waals surface area contributed by atoms with E-state index in [-0.39, 0.29) is 0 Å². The maximum Gasteiger partial charge on any atom is 0.226 e. The molecule has 1 heterocycles. The standard InChI is InChI=1S/C6H11O3PS2/c7-10(11)12-3-1-2-8-4-6-5-9-6/h6H,1-5H2.